The van der Waals surface area contributed by atoms with Crippen LogP contribution in [-0.4, -0.2) is 61.0 Å². The Balaban J connectivity index is 1.45. The number of para-hydroxylation sites is 1. The molecule has 1 aliphatic rings. The Labute approximate surface area is 185 Å². The van der Waals surface area contributed by atoms with E-state index < -0.39 is 0 Å². The summed E-state index contributed by atoms with van der Waals surface area (Å²) >= 11 is 0. The number of amides is 1. The van der Waals surface area contributed by atoms with Crippen molar-refractivity contribution in [1.29, 1.82) is 0 Å². The van der Waals surface area contributed by atoms with Crippen LogP contribution in [-0.2, 0) is 11.3 Å². The summed E-state index contributed by atoms with van der Waals surface area (Å²) in [7, 11) is 1.85. The molecule has 0 bridgehead atoms. The van der Waals surface area contributed by atoms with Gasteiger partial charge in [0.2, 0.25) is 5.91 Å². The lowest BCUT2D eigenvalue weighted by Gasteiger charge is -2.34. The number of carbonyl (C=O) groups is 1. The van der Waals surface area contributed by atoms with Crippen LogP contribution in [0.2, 0.25) is 0 Å². The van der Waals surface area contributed by atoms with E-state index in [1.54, 1.807) is 4.90 Å². The summed E-state index contributed by atoms with van der Waals surface area (Å²) < 4.78 is 6.09. The quantitative estimate of drug-likeness (QED) is 0.522. The van der Waals surface area contributed by atoms with Crippen molar-refractivity contribution in [3.05, 3.63) is 66.2 Å². The molecule has 0 spiro atoms. The molecule has 0 aromatic heterocycles. The van der Waals surface area contributed by atoms with Gasteiger partial charge in [0.25, 0.3) is 0 Å². The monoisotopic (exact) mass is 422 g/mol. The van der Waals surface area contributed by atoms with Gasteiger partial charge in [0.15, 0.2) is 5.96 Å². The number of rotatable bonds is 8. The number of aliphatic imine (C=N–C) groups is 1. The number of likely N-dealkylation sites (tertiary alicyclic amines) is 1. The molecule has 2 aromatic rings. The third-order valence-electron chi connectivity index (χ3n) is 5.40. The SMILES string of the molecule is CCNC(=NCCC(=O)N(C)Cc1ccccc1)N1CCC(Oc2ccccc2)CC1. The van der Waals surface area contributed by atoms with Crippen LogP contribution in [0.1, 0.15) is 31.7 Å². The summed E-state index contributed by atoms with van der Waals surface area (Å²) in [5.74, 6) is 1.93. The standard InChI is InChI=1S/C25H34N4O2/c1-3-26-25(27-17-14-24(30)28(2)20-21-10-6-4-7-11-21)29-18-15-23(16-19-29)31-22-12-8-5-9-13-22/h4-13,23H,3,14-20H2,1-2H3,(H,26,27). The highest BCUT2D eigenvalue weighted by molar-refractivity contribution is 5.81. The zero-order valence-corrected chi connectivity index (χ0v) is 18.7. The van der Waals surface area contributed by atoms with Crippen molar-refractivity contribution in [3.8, 4) is 5.75 Å². The lowest BCUT2D eigenvalue weighted by atomic mass is 10.1. The van der Waals surface area contributed by atoms with E-state index in [1.807, 2.05) is 67.7 Å². The Morgan fingerprint density at radius 2 is 1.74 bits per heavy atom. The smallest absolute Gasteiger partial charge is 0.224 e. The number of nitrogens with zero attached hydrogens (tertiary/aromatic N) is 3. The van der Waals surface area contributed by atoms with Crippen LogP contribution >= 0.6 is 0 Å². The number of ether oxygens (including phenoxy) is 1. The Bertz CT molecular complexity index is 818. The number of piperidine rings is 1. The van der Waals surface area contributed by atoms with Gasteiger partial charge in [-0.15, -0.1) is 0 Å². The average Bonchev–Trinajstić information content (AvgIpc) is 2.80. The highest BCUT2D eigenvalue weighted by atomic mass is 16.5. The first-order chi connectivity index (χ1) is 15.2. The summed E-state index contributed by atoms with van der Waals surface area (Å²) in [5.41, 5.74) is 1.13. The fourth-order valence-corrected chi connectivity index (χ4v) is 3.70. The molecule has 1 saturated heterocycles. The van der Waals surface area contributed by atoms with Crippen molar-refractivity contribution in [2.45, 2.75) is 38.8 Å². The van der Waals surface area contributed by atoms with Crippen molar-refractivity contribution in [1.82, 2.24) is 15.1 Å². The first-order valence-electron chi connectivity index (χ1n) is 11.2. The zero-order valence-electron chi connectivity index (χ0n) is 18.7. The van der Waals surface area contributed by atoms with Gasteiger partial charge < -0.3 is 19.9 Å². The van der Waals surface area contributed by atoms with E-state index >= 15 is 0 Å². The summed E-state index contributed by atoms with van der Waals surface area (Å²) in [6.07, 6.45) is 2.55. The predicted molar refractivity (Wildman–Crippen MR) is 125 cm³/mol. The van der Waals surface area contributed by atoms with Crippen LogP contribution in [0.15, 0.2) is 65.7 Å². The van der Waals surface area contributed by atoms with E-state index in [-0.39, 0.29) is 12.0 Å². The Hall–Kier alpha value is -3.02. The Morgan fingerprint density at radius 1 is 1.10 bits per heavy atom. The van der Waals surface area contributed by atoms with Crippen LogP contribution in [0, 0.1) is 0 Å². The van der Waals surface area contributed by atoms with E-state index in [4.69, 9.17) is 9.73 Å². The second kappa shape index (κ2) is 12.0. The molecular formula is C25H34N4O2. The average molecular weight is 423 g/mol. The highest BCUT2D eigenvalue weighted by Crippen LogP contribution is 2.18. The summed E-state index contributed by atoms with van der Waals surface area (Å²) in [4.78, 5) is 21.2. The van der Waals surface area contributed by atoms with Gasteiger partial charge in [-0.25, -0.2) is 0 Å². The summed E-state index contributed by atoms with van der Waals surface area (Å²) in [6.45, 7) is 5.77. The lowest BCUT2D eigenvalue weighted by Crippen LogP contribution is -2.47. The van der Waals surface area contributed by atoms with Gasteiger partial charge in [-0.1, -0.05) is 48.5 Å². The van der Waals surface area contributed by atoms with E-state index in [0.717, 1.165) is 49.7 Å². The van der Waals surface area contributed by atoms with E-state index in [1.165, 1.54) is 0 Å². The number of benzene rings is 2. The van der Waals surface area contributed by atoms with E-state index in [9.17, 15) is 4.79 Å². The molecule has 2 aromatic carbocycles. The number of hydrogen-bond acceptors (Lipinski definition) is 3. The van der Waals surface area contributed by atoms with Crippen LogP contribution in [0.25, 0.3) is 0 Å². The molecule has 166 valence electrons. The molecule has 0 radical (unpaired) electrons. The second-order valence-corrected chi connectivity index (χ2v) is 7.84. The molecular weight excluding hydrogens is 388 g/mol. The number of guanidine groups is 1. The largest absolute Gasteiger partial charge is 0.490 e. The van der Waals surface area contributed by atoms with Crippen molar-refractivity contribution in [3.63, 3.8) is 0 Å². The molecule has 1 N–H and O–H groups in total. The first kappa shape index (κ1) is 22.7. The van der Waals surface area contributed by atoms with Crippen LogP contribution in [0.4, 0.5) is 0 Å². The molecule has 0 atom stereocenters. The summed E-state index contributed by atoms with van der Waals surface area (Å²) in [6, 6.07) is 20.1. The van der Waals surface area contributed by atoms with Crippen molar-refractivity contribution < 1.29 is 9.53 Å². The van der Waals surface area contributed by atoms with Gasteiger partial charge in [-0.2, -0.15) is 0 Å². The number of carbonyl (C=O) groups excluding carboxylic acids is 1. The van der Waals surface area contributed by atoms with Crippen LogP contribution in [0.5, 0.6) is 5.75 Å². The molecule has 0 aliphatic carbocycles. The maximum absolute atomic E-state index is 12.5. The maximum atomic E-state index is 12.5. The molecule has 31 heavy (non-hydrogen) atoms. The number of hydrogen-bond donors (Lipinski definition) is 1. The van der Waals surface area contributed by atoms with Crippen molar-refractivity contribution in [2.75, 3.05) is 33.2 Å². The first-order valence-corrected chi connectivity index (χ1v) is 11.2. The zero-order chi connectivity index (χ0) is 21.9. The van der Waals surface area contributed by atoms with E-state index in [0.29, 0.717) is 19.5 Å². The van der Waals surface area contributed by atoms with Gasteiger partial charge in [0.1, 0.15) is 11.9 Å². The fourth-order valence-electron chi connectivity index (χ4n) is 3.70. The Kier molecular flexibility index (Phi) is 8.76. The van der Waals surface area contributed by atoms with Crippen LogP contribution in [0.3, 0.4) is 0 Å². The number of nitrogens with one attached hydrogen (secondary N) is 1. The van der Waals surface area contributed by atoms with Crippen molar-refractivity contribution >= 4 is 11.9 Å². The molecule has 0 saturated carbocycles. The Morgan fingerprint density at radius 3 is 2.39 bits per heavy atom. The van der Waals surface area contributed by atoms with Gasteiger partial charge in [-0.3, -0.25) is 9.79 Å². The van der Waals surface area contributed by atoms with E-state index in [2.05, 4.69) is 17.1 Å². The third-order valence-corrected chi connectivity index (χ3v) is 5.40. The third kappa shape index (κ3) is 7.31. The van der Waals surface area contributed by atoms with Gasteiger partial charge in [0.05, 0.1) is 6.54 Å². The molecule has 1 aliphatic heterocycles. The van der Waals surface area contributed by atoms with Gasteiger partial charge in [0, 0.05) is 52.5 Å². The lowest BCUT2D eigenvalue weighted by molar-refractivity contribution is -0.130. The molecule has 3 rings (SSSR count). The summed E-state index contributed by atoms with van der Waals surface area (Å²) in [5, 5.41) is 3.37. The molecule has 6 heteroatoms. The highest BCUT2D eigenvalue weighted by Gasteiger charge is 2.22. The predicted octanol–water partition coefficient (Wildman–Crippen LogP) is 3.54. The minimum Gasteiger partial charge on any atom is -0.490 e. The molecule has 6 nitrogen and oxygen atoms in total. The topological polar surface area (TPSA) is 57.2 Å². The van der Waals surface area contributed by atoms with Gasteiger partial charge in [-0.05, 0) is 24.6 Å². The molecule has 1 heterocycles. The normalized spacial score (nSPS) is 14.9. The van der Waals surface area contributed by atoms with Gasteiger partial charge >= 0.3 is 0 Å². The second-order valence-electron chi connectivity index (χ2n) is 7.84. The van der Waals surface area contributed by atoms with Crippen LogP contribution < -0.4 is 10.1 Å². The fraction of sp³-hybridized carbons (Fsp3) is 0.440. The minimum absolute atomic E-state index is 0.110. The molecule has 1 fully saturated rings. The minimum atomic E-state index is 0.110. The molecule has 1 amide bonds. The molecule has 0 unspecified atom stereocenters. The van der Waals surface area contributed by atoms with Crippen molar-refractivity contribution in [2.24, 2.45) is 4.99 Å². The maximum Gasteiger partial charge on any atom is 0.224 e.